The van der Waals surface area contributed by atoms with E-state index in [2.05, 4.69) is 24.5 Å². The molecule has 2 unspecified atom stereocenters. The Morgan fingerprint density at radius 2 is 2.00 bits per heavy atom. The second kappa shape index (κ2) is 8.39. The number of urea groups is 1. The van der Waals surface area contributed by atoms with Crippen LogP contribution in [0.5, 0.6) is 0 Å². The van der Waals surface area contributed by atoms with Crippen molar-refractivity contribution in [2.24, 2.45) is 11.8 Å². The Labute approximate surface area is 134 Å². The molecule has 0 spiro atoms. The summed E-state index contributed by atoms with van der Waals surface area (Å²) in [5, 5.41) is 6.10. The first-order valence-corrected chi connectivity index (χ1v) is 8.91. The third kappa shape index (κ3) is 4.62. The molecule has 2 N–H and O–H groups in total. The lowest BCUT2D eigenvalue weighted by molar-refractivity contribution is -0.126. The summed E-state index contributed by atoms with van der Waals surface area (Å²) in [5.74, 6) is 0.560. The summed E-state index contributed by atoms with van der Waals surface area (Å²) in [6.45, 7) is 6.44. The Morgan fingerprint density at radius 1 is 1.23 bits per heavy atom. The maximum atomic E-state index is 12.6. The van der Waals surface area contributed by atoms with Gasteiger partial charge in [0.15, 0.2) is 0 Å². The molecule has 2 atom stereocenters. The lowest BCUT2D eigenvalue weighted by Gasteiger charge is -2.33. The van der Waals surface area contributed by atoms with Gasteiger partial charge >= 0.3 is 6.03 Å². The largest absolute Gasteiger partial charge is 0.356 e. The minimum absolute atomic E-state index is 0.0117. The first-order chi connectivity index (χ1) is 10.6. The summed E-state index contributed by atoms with van der Waals surface area (Å²) >= 11 is 0. The van der Waals surface area contributed by atoms with Crippen molar-refractivity contribution >= 4 is 11.9 Å². The second-order valence-electron chi connectivity index (χ2n) is 7.08. The molecule has 1 saturated heterocycles. The van der Waals surface area contributed by atoms with Crippen LogP contribution < -0.4 is 10.6 Å². The zero-order valence-electron chi connectivity index (χ0n) is 14.1. The molecule has 1 saturated carbocycles. The minimum Gasteiger partial charge on any atom is -0.356 e. The Bertz CT molecular complexity index is 384. The van der Waals surface area contributed by atoms with Gasteiger partial charge in [-0.1, -0.05) is 33.1 Å². The zero-order chi connectivity index (χ0) is 15.9. The SMILES string of the molecule is CC(C)CNC(=O)N1CCCCCCNC(=O)C2CCCC21. The third-order valence-electron chi connectivity index (χ3n) is 4.76. The summed E-state index contributed by atoms with van der Waals surface area (Å²) in [5.41, 5.74) is 0. The van der Waals surface area contributed by atoms with Crippen molar-refractivity contribution in [1.29, 1.82) is 0 Å². The van der Waals surface area contributed by atoms with Crippen LogP contribution in [0.25, 0.3) is 0 Å². The van der Waals surface area contributed by atoms with E-state index in [4.69, 9.17) is 0 Å². The summed E-state index contributed by atoms with van der Waals surface area (Å²) in [6, 6.07) is 0.0860. The van der Waals surface area contributed by atoms with Crippen LogP contribution in [-0.2, 0) is 4.79 Å². The van der Waals surface area contributed by atoms with Gasteiger partial charge in [-0.25, -0.2) is 4.79 Å². The molecule has 5 heteroatoms. The summed E-state index contributed by atoms with van der Waals surface area (Å²) in [6.07, 6.45) is 7.22. The zero-order valence-corrected chi connectivity index (χ0v) is 14.1. The van der Waals surface area contributed by atoms with E-state index in [1.54, 1.807) is 0 Å². The van der Waals surface area contributed by atoms with E-state index in [1.807, 2.05) is 4.90 Å². The maximum Gasteiger partial charge on any atom is 0.317 e. The minimum atomic E-state index is -0.0251. The highest BCUT2D eigenvalue weighted by molar-refractivity contribution is 5.81. The average Bonchev–Trinajstić information content (AvgIpc) is 2.95. The van der Waals surface area contributed by atoms with Crippen molar-refractivity contribution in [3.8, 4) is 0 Å². The van der Waals surface area contributed by atoms with Gasteiger partial charge in [0.25, 0.3) is 0 Å². The third-order valence-corrected chi connectivity index (χ3v) is 4.76. The number of nitrogens with zero attached hydrogens (tertiary/aromatic N) is 1. The van der Waals surface area contributed by atoms with Crippen molar-refractivity contribution in [1.82, 2.24) is 15.5 Å². The van der Waals surface area contributed by atoms with E-state index in [-0.39, 0.29) is 23.9 Å². The van der Waals surface area contributed by atoms with Crippen molar-refractivity contribution in [2.45, 2.75) is 64.8 Å². The molecule has 0 aromatic heterocycles. The molecule has 0 bridgehead atoms. The molecule has 0 aromatic carbocycles. The van der Waals surface area contributed by atoms with Crippen molar-refractivity contribution in [3.05, 3.63) is 0 Å². The van der Waals surface area contributed by atoms with E-state index in [0.717, 1.165) is 58.0 Å². The molecule has 5 nitrogen and oxygen atoms in total. The van der Waals surface area contributed by atoms with Gasteiger partial charge in [-0.2, -0.15) is 0 Å². The number of rotatable bonds is 2. The lowest BCUT2D eigenvalue weighted by Crippen LogP contribution is -2.51. The summed E-state index contributed by atoms with van der Waals surface area (Å²) in [4.78, 5) is 26.9. The van der Waals surface area contributed by atoms with Crippen molar-refractivity contribution < 1.29 is 9.59 Å². The van der Waals surface area contributed by atoms with Crippen LogP contribution in [0.2, 0.25) is 0 Å². The second-order valence-corrected chi connectivity index (χ2v) is 7.08. The number of carbonyl (C=O) groups excluding carboxylic acids is 2. The standard InChI is InChI=1S/C17H31N3O2/c1-13(2)12-19-17(22)20-11-6-4-3-5-10-18-16(21)14-8-7-9-15(14)20/h13-15H,3-12H2,1-2H3,(H,18,21)(H,19,22). The molecule has 2 aliphatic rings. The first kappa shape index (κ1) is 17.1. The predicted octanol–water partition coefficient (Wildman–Crippen LogP) is 2.51. The molecule has 0 aromatic rings. The van der Waals surface area contributed by atoms with E-state index < -0.39 is 0 Å². The predicted molar refractivity (Wildman–Crippen MR) is 87.5 cm³/mol. The quantitative estimate of drug-likeness (QED) is 0.823. The Morgan fingerprint density at radius 3 is 2.77 bits per heavy atom. The fourth-order valence-corrected chi connectivity index (χ4v) is 3.53. The van der Waals surface area contributed by atoms with Gasteiger partial charge in [-0.05, 0) is 31.6 Å². The van der Waals surface area contributed by atoms with Crippen molar-refractivity contribution in [3.63, 3.8) is 0 Å². The number of carbonyl (C=O) groups is 2. The van der Waals surface area contributed by atoms with Crippen LogP contribution in [0.1, 0.15) is 58.8 Å². The highest BCUT2D eigenvalue weighted by Gasteiger charge is 2.38. The number of hydrogen-bond donors (Lipinski definition) is 2. The fraction of sp³-hybridized carbons (Fsp3) is 0.882. The number of fused-ring (bicyclic) bond motifs is 1. The molecule has 22 heavy (non-hydrogen) atoms. The van der Waals surface area contributed by atoms with Crippen LogP contribution in [0.15, 0.2) is 0 Å². The summed E-state index contributed by atoms with van der Waals surface area (Å²) < 4.78 is 0. The molecule has 1 aliphatic heterocycles. The Hall–Kier alpha value is -1.26. The molecule has 126 valence electrons. The fourth-order valence-electron chi connectivity index (χ4n) is 3.53. The topological polar surface area (TPSA) is 61.4 Å². The highest BCUT2D eigenvalue weighted by Crippen LogP contribution is 2.31. The molecule has 2 rings (SSSR count). The van der Waals surface area contributed by atoms with E-state index in [9.17, 15) is 9.59 Å². The van der Waals surface area contributed by atoms with Gasteiger partial charge in [-0.3, -0.25) is 4.79 Å². The molecular formula is C17H31N3O2. The van der Waals surface area contributed by atoms with Crippen LogP contribution in [-0.4, -0.2) is 42.5 Å². The van der Waals surface area contributed by atoms with E-state index >= 15 is 0 Å². The molecular weight excluding hydrogens is 278 g/mol. The highest BCUT2D eigenvalue weighted by atomic mass is 16.2. The van der Waals surface area contributed by atoms with Crippen molar-refractivity contribution in [2.75, 3.05) is 19.6 Å². The molecule has 2 fully saturated rings. The molecule has 1 heterocycles. The van der Waals surface area contributed by atoms with Gasteiger partial charge in [0.05, 0.1) is 5.92 Å². The summed E-state index contributed by atoms with van der Waals surface area (Å²) in [7, 11) is 0. The van der Waals surface area contributed by atoms with Gasteiger partial charge in [0.2, 0.25) is 5.91 Å². The maximum absolute atomic E-state index is 12.6. The van der Waals surface area contributed by atoms with Gasteiger partial charge in [-0.15, -0.1) is 0 Å². The van der Waals surface area contributed by atoms with Gasteiger partial charge < -0.3 is 15.5 Å². The Kier molecular flexibility index (Phi) is 6.52. The Balaban J connectivity index is 2.07. The van der Waals surface area contributed by atoms with Gasteiger partial charge in [0, 0.05) is 25.7 Å². The normalized spacial score (nSPS) is 27.0. The lowest BCUT2D eigenvalue weighted by atomic mass is 10.0. The number of amides is 3. The average molecular weight is 309 g/mol. The van der Waals surface area contributed by atoms with Crippen LogP contribution in [0.3, 0.4) is 0 Å². The van der Waals surface area contributed by atoms with Gasteiger partial charge in [0.1, 0.15) is 0 Å². The van der Waals surface area contributed by atoms with Crippen LogP contribution in [0, 0.1) is 11.8 Å². The number of nitrogens with one attached hydrogen (secondary N) is 2. The molecule has 1 aliphatic carbocycles. The smallest absolute Gasteiger partial charge is 0.317 e. The number of hydrogen-bond acceptors (Lipinski definition) is 2. The van der Waals surface area contributed by atoms with Crippen LogP contribution >= 0.6 is 0 Å². The molecule has 3 amide bonds. The molecule has 0 radical (unpaired) electrons. The van der Waals surface area contributed by atoms with E-state index in [1.165, 1.54) is 0 Å². The first-order valence-electron chi connectivity index (χ1n) is 8.91. The van der Waals surface area contributed by atoms with E-state index in [0.29, 0.717) is 12.5 Å². The monoisotopic (exact) mass is 309 g/mol. The van der Waals surface area contributed by atoms with Crippen LogP contribution in [0.4, 0.5) is 4.79 Å².